The lowest BCUT2D eigenvalue weighted by Gasteiger charge is -2.09. The van der Waals surface area contributed by atoms with Gasteiger partial charge in [0.15, 0.2) is 0 Å². The Kier molecular flexibility index (Phi) is 12.0. The van der Waals surface area contributed by atoms with Crippen molar-refractivity contribution in [1.82, 2.24) is 0 Å². The quantitative estimate of drug-likeness (QED) is 0.349. The Hall–Kier alpha value is -0.830. The number of aliphatic hydroxyl groups is 1. The normalized spacial score (nSPS) is 12.8. The summed E-state index contributed by atoms with van der Waals surface area (Å²) in [6.45, 7) is 3.74. The number of rotatable bonds is 11. The molecule has 0 aromatic carbocycles. The smallest absolute Gasteiger partial charge is 0.306 e. The Morgan fingerprint density at radius 3 is 2.50 bits per heavy atom. The zero-order chi connectivity index (χ0) is 13.6. The molecule has 0 fully saturated rings. The standard InChI is InChI=1S/C15H28O3/c1-3-4-5-6-7-8-9-10-11-12-15(17)18-14(2)13-16/h4-5,14,16H,3,6-13H2,1-2H3/b5-4-/t14-/m1/s1. The molecule has 18 heavy (non-hydrogen) atoms. The summed E-state index contributed by atoms with van der Waals surface area (Å²) in [5, 5.41) is 8.73. The molecule has 0 heterocycles. The zero-order valence-corrected chi connectivity index (χ0v) is 11.9. The van der Waals surface area contributed by atoms with E-state index in [2.05, 4.69) is 19.1 Å². The largest absolute Gasteiger partial charge is 0.460 e. The summed E-state index contributed by atoms with van der Waals surface area (Å²) in [7, 11) is 0. The molecule has 0 amide bonds. The third kappa shape index (κ3) is 11.6. The molecular formula is C15H28O3. The molecular weight excluding hydrogens is 228 g/mol. The van der Waals surface area contributed by atoms with Crippen LogP contribution in [0.4, 0.5) is 0 Å². The monoisotopic (exact) mass is 256 g/mol. The zero-order valence-electron chi connectivity index (χ0n) is 11.9. The van der Waals surface area contributed by atoms with Crippen molar-refractivity contribution in [3.05, 3.63) is 12.2 Å². The lowest BCUT2D eigenvalue weighted by atomic mass is 10.1. The van der Waals surface area contributed by atoms with Gasteiger partial charge in [0, 0.05) is 6.42 Å². The van der Waals surface area contributed by atoms with Crippen molar-refractivity contribution in [2.45, 2.75) is 71.3 Å². The van der Waals surface area contributed by atoms with Gasteiger partial charge in [0.1, 0.15) is 6.10 Å². The molecule has 0 spiro atoms. The molecule has 0 aliphatic rings. The van der Waals surface area contributed by atoms with Crippen LogP contribution in [0.2, 0.25) is 0 Å². The van der Waals surface area contributed by atoms with Crippen molar-refractivity contribution in [3.63, 3.8) is 0 Å². The van der Waals surface area contributed by atoms with Crippen LogP contribution in [-0.2, 0) is 9.53 Å². The lowest BCUT2D eigenvalue weighted by Crippen LogP contribution is -2.18. The van der Waals surface area contributed by atoms with Crippen LogP contribution in [0.25, 0.3) is 0 Å². The highest BCUT2D eigenvalue weighted by Crippen LogP contribution is 2.08. The number of aliphatic hydroxyl groups excluding tert-OH is 1. The van der Waals surface area contributed by atoms with Gasteiger partial charge < -0.3 is 9.84 Å². The third-order valence-electron chi connectivity index (χ3n) is 2.74. The summed E-state index contributed by atoms with van der Waals surface area (Å²) < 4.78 is 4.97. The van der Waals surface area contributed by atoms with Gasteiger partial charge in [0.2, 0.25) is 0 Å². The van der Waals surface area contributed by atoms with Gasteiger partial charge in [-0.3, -0.25) is 4.79 Å². The van der Waals surface area contributed by atoms with E-state index in [1.807, 2.05) is 0 Å². The Morgan fingerprint density at radius 1 is 1.17 bits per heavy atom. The van der Waals surface area contributed by atoms with Crippen molar-refractivity contribution in [2.24, 2.45) is 0 Å². The predicted octanol–water partition coefficient (Wildman–Crippen LogP) is 3.61. The van der Waals surface area contributed by atoms with E-state index in [4.69, 9.17) is 9.84 Å². The van der Waals surface area contributed by atoms with Crippen molar-refractivity contribution in [2.75, 3.05) is 6.61 Å². The molecule has 0 unspecified atom stereocenters. The van der Waals surface area contributed by atoms with E-state index in [1.54, 1.807) is 6.92 Å². The van der Waals surface area contributed by atoms with Gasteiger partial charge in [0.05, 0.1) is 6.61 Å². The van der Waals surface area contributed by atoms with E-state index in [-0.39, 0.29) is 18.7 Å². The number of carbonyl (C=O) groups excluding carboxylic acids is 1. The third-order valence-corrected chi connectivity index (χ3v) is 2.74. The molecule has 0 aliphatic heterocycles. The first-order chi connectivity index (χ1) is 8.70. The van der Waals surface area contributed by atoms with E-state index < -0.39 is 0 Å². The Labute approximate surface area is 111 Å². The van der Waals surface area contributed by atoms with Gasteiger partial charge in [-0.2, -0.15) is 0 Å². The molecule has 0 aliphatic carbocycles. The number of allylic oxidation sites excluding steroid dienone is 2. The molecule has 0 saturated heterocycles. The van der Waals surface area contributed by atoms with Crippen LogP contribution in [0.1, 0.15) is 65.2 Å². The molecule has 1 atom stereocenters. The minimum Gasteiger partial charge on any atom is -0.460 e. The Morgan fingerprint density at radius 2 is 1.83 bits per heavy atom. The van der Waals surface area contributed by atoms with Gasteiger partial charge in [0.25, 0.3) is 0 Å². The van der Waals surface area contributed by atoms with Gasteiger partial charge in [-0.1, -0.05) is 38.3 Å². The molecule has 3 nitrogen and oxygen atoms in total. The lowest BCUT2D eigenvalue weighted by molar-refractivity contribution is -0.150. The van der Waals surface area contributed by atoms with Crippen LogP contribution in [0.15, 0.2) is 12.2 Å². The number of hydrogen-bond donors (Lipinski definition) is 1. The number of unbranched alkanes of at least 4 members (excludes halogenated alkanes) is 5. The predicted molar refractivity (Wildman–Crippen MR) is 74.4 cm³/mol. The van der Waals surface area contributed by atoms with E-state index in [1.165, 1.54) is 25.7 Å². The van der Waals surface area contributed by atoms with Gasteiger partial charge >= 0.3 is 5.97 Å². The first-order valence-corrected chi connectivity index (χ1v) is 7.16. The van der Waals surface area contributed by atoms with E-state index in [9.17, 15) is 4.79 Å². The summed E-state index contributed by atoms with van der Waals surface area (Å²) in [5.74, 6) is -0.192. The Balaban J connectivity index is 3.25. The molecule has 0 aromatic rings. The molecule has 0 radical (unpaired) electrons. The summed E-state index contributed by atoms with van der Waals surface area (Å²) in [4.78, 5) is 11.3. The van der Waals surface area contributed by atoms with Crippen molar-refractivity contribution in [1.29, 1.82) is 0 Å². The molecule has 106 valence electrons. The van der Waals surface area contributed by atoms with Crippen LogP contribution in [0.3, 0.4) is 0 Å². The van der Waals surface area contributed by atoms with Crippen LogP contribution in [-0.4, -0.2) is 23.8 Å². The van der Waals surface area contributed by atoms with Gasteiger partial charge in [-0.05, 0) is 32.6 Å². The summed E-state index contributed by atoms with van der Waals surface area (Å²) in [6, 6.07) is 0. The Bertz CT molecular complexity index is 224. The molecule has 0 saturated carbocycles. The number of ether oxygens (including phenoxy) is 1. The maximum absolute atomic E-state index is 11.3. The van der Waals surface area contributed by atoms with E-state index in [0.717, 1.165) is 19.3 Å². The first kappa shape index (κ1) is 17.2. The van der Waals surface area contributed by atoms with Gasteiger partial charge in [-0.25, -0.2) is 0 Å². The number of esters is 1. The highest BCUT2D eigenvalue weighted by Gasteiger charge is 2.07. The van der Waals surface area contributed by atoms with Crippen LogP contribution in [0, 0.1) is 0 Å². The summed E-state index contributed by atoms with van der Waals surface area (Å²) in [5.41, 5.74) is 0. The van der Waals surface area contributed by atoms with Crippen molar-refractivity contribution in [3.8, 4) is 0 Å². The molecule has 0 aromatic heterocycles. The fraction of sp³-hybridized carbons (Fsp3) is 0.800. The molecule has 1 N–H and O–H groups in total. The second-order valence-electron chi connectivity index (χ2n) is 4.67. The minimum atomic E-state index is -0.372. The fourth-order valence-corrected chi connectivity index (χ4v) is 1.67. The highest BCUT2D eigenvalue weighted by atomic mass is 16.5. The van der Waals surface area contributed by atoms with Crippen molar-refractivity contribution >= 4 is 5.97 Å². The van der Waals surface area contributed by atoms with Gasteiger partial charge in [-0.15, -0.1) is 0 Å². The number of carbonyl (C=O) groups is 1. The van der Waals surface area contributed by atoms with E-state index >= 15 is 0 Å². The van der Waals surface area contributed by atoms with E-state index in [0.29, 0.717) is 6.42 Å². The average Bonchev–Trinajstić information content (AvgIpc) is 2.36. The second-order valence-corrected chi connectivity index (χ2v) is 4.67. The number of hydrogen-bond acceptors (Lipinski definition) is 3. The topological polar surface area (TPSA) is 46.5 Å². The average molecular weight is 256 g/mol. The maximum atomic E-state index is 11.3. The van der Waals surface area contributed by atoms with Crippen molar-refractivity contribution < 1.29 is 14.6 Å². The van der Waals surface area contributed by atoms with Crippen LogP contribution < -0.4 is 0 Å². The SMILES string of the molecule is CC/C=C\CCCCCCCC(=O)O[C@H](C)CO. The molecule has 0 bridgehead atoms. The maximum Gasteiger partial charge on any atom is 0.306 e. The minimum absolute atomic E-state index is 0.100. The highest BCUT2D eigenvalue weighted by molar-refractivity contribution is 5.69. The van der Waals surface area contributed by atoms with Crippen LogP contribution in [0.5, 0.6) is 0 Å². The summed E-state index contributed by atoms with van der Waals surface area (Å²) in [6.07, 6.45) is 12.5. The first-order valence-electron chi connectivity index (χ1n) is 7.16. The fourth-order valence-electron chi connectivity index (χ4n) is 1.67. The summed E-state index contributed by atoms with van der Waals surface area (Å²) >= 11 is 0. The van der Waals surface area contributed by atoms with Crippen LogP contribution >= 0.6 is 0 Å². The second kappa shape index (κ2) is 12.6. The molecule has 3 heteroatoms. The molecule has 0 rings (SSSR count).